The quantitative estimate of drug-likeness (QED) is 0.581. The Hall–Kier alpha value is -3.23. The molecule has 4 nitrogen and oxygen atoms in total. The number of halogens is 5. The molecule has 0 fully saturated rings. The second kappa shape index (κ2) is 7.18. The maximum Gasteiger partial charge on any atom is 0.418 e. The maximum atomic E-state index is 13.8. The van der Waals surface area contributed by atoms with E-state index in [4.69, 9.17) is 0 Å². The number of hydrogen-bond acceptors (Lipinski definition) is 4. The van der Waals surface area contributed by atoms with Crippen molar-refractivity contribution in [1.29, 1.82) is 0 Å². The van der Waals surface area contributed by atoms with Crippen molar-refractivity contribution in [3.05, 3.63) is 71.4 Å². The van der Waals surface area contributed by atoms with E-state index in [1.165, 1.54) is 30.3 Å². The van der Waals surface area contributed by atoms with Crippen molar-refractivity contribution in [2.24, 2.45) is 0 Å². The van der Waals surface area contributed by atoms with Crippen LogP contribution in [-0.4, -0.2) is 9.97 Å². The molecule has 0 aliphatic heterocycles. The molecule has 0 aliphatic carbocycles. The van der Waals surface area contributed by atoms with Gasteiger partial charge in [0.15, 0.2) is 0 Å². The van der Waals surface area contributed by atoms with Crippen molar-refractivity contribution < 1.29 is 22.0 Å². The van der Waals surface area contributed by atoms with Crippen molar-refractivity contribution in [1.82, 2.24) is 9.97 Å². The minimum absolute atomic E-state index is 0.0314. The van der Waals surface area contributed by atoms with Crippen LogP contribution in [0, 0.1) is 18.6 Å². The van der Waals surface area contributed by atoms with E-state index in [-0.39, 0.29) is 23.1 Å². The second-order valence-corrected chi connectivity index (χ2v) is 5.64. The highest BCUT2D eigenvalue weighted by Crippen LogP contribution is 2.35. The normalized spacial score (nSPS) is 11.3. The molecule has 0 atom stereocenters. The smallest absolute Gasteiger partial charge is 0.338 e. The Labute approximate surface area is 151 Å². The van der Waals surface area contributed by atoms with Gasteiger partial charge in [-0.05, 0) is 31.2 Å². The molecule has 1 heterocycles. The topological polar surface area (TPSA) is 49.8 Å². The van der Waals surface area contributed by atoms with Gasteiger partial charge in [0, 0.05) is 17.8 Å². The summed E-state index contributed by atoms with van der Waals surface area (Å²) in [5.74, 6) is -1.53. The lowest BCUT2D eigenvalue weighted by Crippen LogP contribution is -2.10. The minimum atomic E-state index is -4.55. The van der Waals surface area contributed by atoms with E-state index in [0.29, 0.717) is 11.8 Å². The summed E-state index contributed by atoms with van der Waals surface area (Å²) in [4.78, 5) is 8.10. The van der Waals surface area contributed by atoms with Gasteiger partial charge in [-0.3, -0.25) is 0 Å². The molecular weight excluding hydrogens is 367 g/mol. The molecule has 0 saturated carbocycles. The number of alkyl halides is 3. The van der Waals surface area contributed by atoms with Crippen molar-refractivity contribution in [2.75, 3.05) is 10.6 Å². The number of rotatable bonds is 4. The zero-order valence-corrected chi connectivity index (χ0v) is 13.9. The summed E-state index contributed by atoms with van der Waals surface area (Å²) in [5.41, 5.74) is -0.679. The molecule has 0 unspecified atom stereocenters. The number of anilines is 4. The van der Waals surface area contributed by atoms with Crippen LogP contribution in [0.25, 0.3) is 0 Å². The summed E-state index contributed by atoms with van der Waals surface area (Å²) in [6.45, 7) is 1.61. The predicted molar refractivity (Wildman–Crippen MR) is 91.1 cm³/mol. The lowest BCUT2D eigenvalue weighted by atomic mass is 10.1. The maximum absolute atomic E-state index is 13.8. The highest BCUT2D eigenvalue weighted by molar-refractivity contribution is 5.63. The van der Waals surface area contributed by atoms with E-state index in [1.54, 1.807) is 6.92 Å². The second-order valence-electron chi connectivity index (χ2n) is 5.64. The van der Waals surface area contributed by atoms with Crippen molar-refractivity contribution in [3.63, 3.8) is 0 Å². The largest absolute Gasteiger partial charge is 0.418 e. The Morgan fingerprint density at radius 2 is 1.59 bits per heavy atom. The Balaban J connectivity index is 1.91. The van der Waals surface area contributed by atoms with Gasteiger partial charge in [-0.1, -0.05) is 12.1 Å². The van der Waals surface area contributed by atoms with E-state index in [0.717, 1.165) is 12.1 Å². The zero-order valence-electron chi connectivity index (χ0n) is 13.9. The van der Waals surface area contributed by atoms with Crippen LogP contribution in [0.2, 0.25) is 0 Å². The molecule has 3 rings (SSSR count). The molecule has 1 aromatic heterocycles. The molecule has 140 valence electrons. The summed E-state index contributed by atoms with van der Waals surface area (Å²) in [7, 11) is 0. The first-order valence-corrected chi connectivity index (χ1v) is 7.73. The lowest BCUT2D eigenvalue weighted by molar-refractivity contribution is -0.136. The molecule has 27 heavy (non-hydrogen) atoms. The van der Waals surface area contributed by atoms with Gasteiger partial charge in [-0.15, -0.1) is 0 Å². The minimum Gasteiger partial charge on any atom is -0.338 e. The van der Waals surface area contributed by atoms with Crippen LogP contribution in [0.3, 0.4) is 0 Å². The SMILES string of the molecule is Cc1cc(Nc2ccc(F)cc2F)nc(Nc2ccccc2C(F)(F)F)n1. The Kier molecular flexibility index (Phi) is 4.93. The Morgan fingerprint density at radius 3 is 2.30 bits per heavy atom. The van der Waals surface area contributed by atoms with Gasteiger partial charge in [-0.2, -0.15) is 18.2 Å². The zero-order chi connectivity index (χ0) is 19.6. The van der Waals surface area contributed by atoms with Crippen LogP contribution in [0.1, 0.15) is 11.3 Å². The monoisotopic (exact) mass is 380 g/mol. The number of nitrogens with one attached hydrogen (secondary N) is 2. The van der Waals surface area contributed by atoms with E-state index in [1.807, 2.05) is 0 Å². The summed E-state index contributed by atoms with van der Waals surface area (Å²) < 4.78 is 66.1. The number of aromatic nitrogens is 2. The summed E-state index contributed by atoms with van der Waals surface area (Å²) in [6, 6.07) is 9.34. The molecule has 0 spiro atoms. The van der Waals surface area contributed by atoms with Crippen LogP contribution in [-0.2, 0) is 6.18 Å². The molecular formula is C18H13F5N4. The summed E-state index contributed by atoms with van der Waals surface area (Å²) in [5, 5.41) is 5.19. The number of nitrogens with zero attached hydrogens (tertiary/aromatic N) is 2. The molecule has 0 saturated heterocycles. The fourth-order valence-corrected chi connectivity index (χ4v) is 2.38. The average molecular weight is 380 g/mol. The van der Waals surface area contributed by atoms with Gasteiger partial charge >= 0.3 is 6.18 Å². The predicted octanol–water partition coefficient (Wildman–Crippen LogP) is 5.57. The van der Waals surface area contributed by atoms with E-state index < -0.39 is 23.4 Å². The van der Waals surface area contributed by atoms with Gasteiger partial charge in [-0.25, -0.2) is 13.8 Å². The highest BCUT2D eigenvalue weighted by Gasteiger charge is 2.33. The van der Waals surface area contributed by atoms with Crippen LogP contribution in [0.5, 0.6) is 0 Å². The number of para-hydroxylation sites is 1. The van der Waals surface area contributed by atoms with Gasteiger partial charge in [0.2, 0.25) is 5.95 Å². The fraction of sp³-hybridized carbons (Fsp3) is 0.111. The summed E-state index contributed by atoms with van der Waals surface area (Å²) >= 11 is 0. The first kappa shape index (κ1) is 18.6. The third kappa shape index (κ3) is 4.49. The molecule has 0 amide bonds. The van der Waals surface area contributed by atoms with Gasteiger partial charge in [0.05, 0.1) is 16.9 Å². The van der Waals surface area contributed by atoms with Crippen LogP contribution in [0.15, 0.2) is 48.5 Å². The Bertz CT molecular complexity index is 972. The van der Waals surface area contributed by atoms with Crippen LogP contribution in [0.4, 0.5) is 45.1 Å². The van der Waals surface area contributed by atoms with Gasteiger partial charge in [0.25, 0.3) is 0 Å². The average Bonchev–Trinajstić information content (AvgIpc) is 2.56. The molecule has 3 aromatic rings. The van der Waals surface area contributed by atoms with E-state index in [2.05, 4.69) is 20.6 Å². The van der Waals surface area contributed by atoms with Crippen LogP contribution >= 0.6 is 0 Å². The standard InChI is InChI=1S/C18H13F5N4/c1-10-8-16(25-15-7-6-11(19)9-13(15)20)27-17(24-10)26-14-5-3-2-4-12(14)18(21,22)23/h2-9H,1H3,(H2,24,25,26,27). The van der Waals surface area contributed by atoms with Crippen molar-refractivity contribution >= 4 is 23.1 Å². The fourth-order valence-electron chi connectivity index (χ4n) is 2.38. The van der Waals surface area contributed by atoms with Crippen molar-refractivity contribution in [2.45, 2.75) is 13.1 Å². The lowest BCUT2D eigenvalue weighted by Gasteiger charge is -2.14. The first-order chi connectivity index (χ1) is 12.7. The molecule has 2 aromatic carbocycles. The Morgan fingerprint density at radius 1 is 0.852 bits per heavy atom. The first-order valence-electron chi connectivity index (χ1n) is 7.73. The molecule has 2 N–H and O–H groups in total. The highest BCUT2D eigenvalue weighted by atomic mass is 19.4. The summed E-state index contributed by atoms with van der Waals surface area (Å²) in [6.07, 6.45) is -4.55. The third-order valence-corrected chi connectivity index (χ3v) is 3.53. The van der Waals surface area contributed by atoms with E-state index >= 15 is 0 Å². The molecule has 0 bridgehead atoms. The van der Waals surface area contributed by atoms with Crippen LogP contribution < -0.4 is 10.6 Å². The molecule has 0 aliphatic rings. The molecule has 9 heteroatoms. The molecule has 0 radical (unpaired) electrons. The number of benzene rings is 2. The third-order valence-electron chi connectivity index (χ3n) is 3.53. The number of aryl methyl sites for hydroxylation is 1. The van der Waals surface area contributed by atoms with Crippen molar-refractivity contribution in [3.8, 4) is 0 Å². The van der Waals surface area contributed by atoms with Gasteiger partial charge < -0.3 is 10.6 Å². The van der Waals surface area contributed by atoms with Gasteiger partial charge in [0.1, 0.15) is 17.5 Å². The number of hydrogen-bond donors (Lipinski definition) is 2. The van der Waals surface area contributed by atoms with E-state index in [9.17, 15) is 22.0 Å².